The van der Waals surface area contributed by atoms with E-state index in [1.54, 1.807) is 0 Å². The zero-order valence-electron chi connectivity index (χ0n) is 11.6. The van der Waals surface area contributed by atoms with E-state index >= 15 is 0 Å². The van der Waals surface area contributed by atoms with Crippen molar-refractivity contribution in [2.75, 3.05) is 6.54 Å². The third-order valence-electron chi connectivity index (χ3n) is 4.59. The lowest BCUT2D eigenvalue weighted by Gasteiger charge is -2.30. The van der Waals surface area contributed by atoms with Crippen molar-refractivity contribution in [1.29, 1.82) is 0 Å². The van der Waals surface area contributed by atoms with Gasteiger partial charge in [-0.3, -0.25) is 4.90 Å². The number of likely N-dealkylation sites (tertiary alicyclic amines) is 1. The molecule has 5 nitrogen and oxygen atoms in total. The summed E-state index contributed by atoms with van der Waals surface area (Å²) in [5, 5.41) is 18.2. The normalized spacial score (nSPS) is 32.2. The Balaban J connectivity index is 1.65. The topological polar surface area (TPSA) is 62.4 Å². The Morgan fingerprint density at radius 2 is 2.05 bits per heavy atom. The molecule has 1 aliphatic carbocycles. The van der Waals surface area contributed by atoms with Crippen LogP contribution in [0, 0.1) is 5.92 Å². The number of rotatable bonds is 4. The number of aliphatic hydroxyl groups excluding tert-OH is 1. The molecule has 0 bridgehead atoms. The standard InChI is InChI=1S/C14H23N3O2/c1-2-13-15-16-14(19-13)9-17-8-4-6-11(17)10-5-3-7-12(10)18/h10-12,18H,2-9H2,1H3. The van der Waals surface area contributed by atoms with Gasteiger partial charge in [0.05, 0.1) is 12.6 Å². The van der Waals surface area contributed by atoms with Gasteiger partial charge in [0, 0.05) is 18.4 Å². The second-order valence-electron chi connectivity index (χ2n) is 5.79. The van der Waals surface area contributed by atoms with Crippen molar-refractivity contribution in [1.82, 2.24) is 15.1 Å². The zero-order chi connectivity index (χ0) is 13.2. The molecule has 2 aliphatic rings. The maximum absolute atomic E-state index is 10.1. The number of hydrogen-bond acceptors (Lipinski definition) is 5. The minimum Gasteiger partial charge on any atom is -0.424 e. The van der Waals surface area contributed by atoms with E-state index in [4.69, 9.17) is 4.42 Å². The van der Waals surface area contributed by atoms with Gasteiger partial charge in [-0.15, -0.1) is 10.2 Å². The van der Waals surface area contributed by atoms with Gasteiger partial charge >= 0.3 is 0 Å². The summed E-state index contributed by atoms with van der Waals surface area (Å²) in [6.07, 6.45) is 6.37. The van der Waals surface area contributed by atoms with Crippen LogP contribution >= 0.6 is 0 Å². The molecule has 1 N–H and O–H groups in total. The smallest absolute Gasteiger partial charge is 0.230 e. The highest BCUT2D eigenvalue weighted by Gasteiger charge is 2.38. The summed E-state index contributed by atoms with van der Waals surface area (Å²) in [7, 11) is 0. The van der Waals surface area contributed by atoms with Crippen LogP contribution < -0.4 is 0 Å². The number of hydrogen-bond donors (Lipinski definition) is 1. The Bertz CT molecular complexity index is 421. The Morgan fingerprint density at radius 1 is 1.21 bits per heavy atom. The second kappa shape index (κ2) is 5.59. The first-order valence-corrected chi connectivity index (χ1v) is 7.51. The number of aliphatic hydroxyl groups is 1. The lowest BCUT2D eigenvalue weighted by atomic mass is 9.94. The van der Waals surface area contributed by atoms with Crippen molar-refractivity contribution in [3.8, 4) is 0 Å². The Morgan fingerprint density at radius 3 is 2.74 bits per heavy atom. The molecule has 1 aliphatic heterocycles. The summed E-state index contributed by atoms with van der Waals surface area (Å²) in [6.45, 7) is 3.84. The van der Waals surface area contributed by atoms with Crippen LogP contribution in [0.1, 0.15) is 50.8 Å². The van der Waals surface area contributed by atoms with Crippen LogP contribution in [0.25, 0.3) is 0 Å². The van der Waals surface area contributed by atoms with Crippen molar-refractivity contribution in [3.63, 3.8) is 0 Å². The summed E-state index contributed by atoms with van der Waals surface area (Å²) in [5.41, 5.74) is 0. The van der Waals surface area contributed by atoms with Gasteiger partial charge in [-0.05, 0) is 32.2 Å². The molecule has 0 spiro atoms. The van der Waals surface area contributed by atoms with Crippen molar-refractivity contribution >= 4 is 0 Å². The van der Waals surface area contributed by atoms with E-state index in [0.29, 0.717) is 17.9 Å². The van der Waals surface area contributed by atoms with Gasteiger partial charge in [0.1, 0.15) is 0 Å². The molecular weight excluding hydrogens is 242 g/mol. The summed E-state index contributed by atoms with van der Waals surface area (Å²) < 4.78 is 5.61. The molecular formula is C14H23N3O2. The first-order valence-electron chi connectivity index (χ1n) is 7.51. The summed E-state index contributed by atoms with van der Waals surface area (Å²) >= 11 is 0. The van der Waals surface area contributed by atoms with E-state index in [2.05, 4.69) is 15.1 Å². The monoisotopic (exact) mass is 265 g/mol. The minimum absolute atomic E-state index is 0.112. The molecule has 1 saturated carbocycles. The molecule has 2 fully saturated rings. The molecule has 3 atom stereocenters. The predicted octanol–water partition coefficient (Wildman–Crippen LogP) is 1.76. The van der Waals surface area contributed by atoms with Gasteiger partial charge in [0.2, 0.25) is 11.8 Å². The molecule has 3 unspecified atom stereocenters. The molecule has 106 valence electrons. The summed E-state index contributed by atoms with van der Waals surface area (Å²) in [6, 6.07) is 0.495. The quantitative estimate of drug-likeness (QED) is 0.898. The van der Waals surface area contributed by atoms with Gasteiger partial charge < -0.3 is 9.52 Å². The van der Waals surface area contributed by atoms with Crippen molar-refractivity contribution < 1.29 is 9.52 Å². The largest absolute Gasteiger partial charge is 0.424 e. The van der Waals surface area contributed by atoms with Crippen LogP contribution in [0.15, 0.2) is 4.42 Å². The molecule has 1 aromatic heterocycles. The minimum atomic E-state index is -0.112. The highest BCUT2D eigenvalue weighted by molar-refractivity contribution is 4.93. The van der Waals surface area contributed by atoms with E-state index in [1.807, 2.05) is 6.92 Å². The fourth-order valence-electron chi connectivity index (χ4n) is 3.62. The Labute approximate surface area is 114 Å². The average molecular weight is 265 g/mol. The molecule has 19 heavy (non-hydrogen) atoms. The summed E-state index contributed by atoms with van der Waals surface area (Å²) in [5.74, 6) is 1.87. The van der Waals surface area contributed by atoms with Gasteiger partial charge in [0.25, 0.3) is 0 Å². The maximum atomic E-state index is 10.1. The lowest BCUT2D eigenvalue weighted by Crippen LogP contribution is -2.38. The van der Waals surface area contributed by atoms with Crippen molar-refractivity contribution in [2.45, 2.75) is 64.1 Å². The summed E-state index contributed by atoms with van der Waals surface area (Å²) in [4.78, 5) is 2.42. The molecule has 5 heteroatoms. The Kier molecular flexibility index (Phi) is 3.84. The predicted molar refractivity (Wildman–Crippen MR) is 70.5 cm³/mol. The lowest BCUT2D eigenvalue weighted by molar-refractivity contribution is 0.0683. The highest BCUT2D eigenvalue weighted by atomic mass is 16.4. The fraction of sp³-hybridized carbons (Fsp3) is 0.857. The molecule has 0 amide bonds. The molecule has 3 rings (SSSR count). The van der Waals surface area contributed by atoms with Crippen LogP contribution in [-0.2, 0) is 13.0 Å². The Hall–Kier alpha value is -0.940. The second-order valence-corrected chi connectivity index (χ2v) is 5.79. The van der Waals surface area contributed by atoms with E-state index in [9.17, 15) is 5.11 Å². The molecule has 0 radical (unpaired) electrons. The average Bonchev–Trinajstić information content (AvgIpc) is 3.10. The molecule has 1 saturated heterocycles. The zero-order valence-corrected chi connectivity index (χ0v) is 11.6. The van der Waals surface area contributed by atoms with Gasteiger partial charge in [-0.2, -0.15) is 0 Å². The third-order valence-corrected chi connectivity index (χ3v) is 4.59. The van der Waals surface area contributed by atoms with Gasteiger partial charge in [-0.25, -0.2) is 0 Å². The van der Waals surface area contributed by atoms with E-state index < -0.39 is 0 Å². The van der Waals surface area contributed by atoms with Gasteiger partial charge in [-0.1, -0.05) is 13.3 Å². The molecule has 2 heterocycles. The third kappa shape index (κ3) is 2.67. The fourth-order valence-corrected chi connectivity index (χ4v) is 3.62. The maximum Gasteiger partial charge on any atom is 0.230 e. The van der Waals surface area contributed by atoms with E-state index in [0.717, 1.165) is 44.7 Å². The van der Waals surface area contributed by atoms with Crippen molar-refractivity contribution in [3.05, 3.63) is 11.8 Å². The molecule has 0 aromatic carbocycles. The van der Waals surface area contributed by atoms with E-state index in [-0.39, 0.29) is 6.10 Å². The number of aromatic nitrogens is 2. The van der Waals surface area contributed by atoms with Crippen LogP contribution in [0.5, 0.6) is 0 Å². The SMILES string of the molecule is CCc1nnc(CN2CCCC2C2CCCC2O)o1. The van der Waals surface area contributed by atoms with Crippen LogP contribution in [-0.4, -0.2) is 38.9 Å². The molecule has 1 aromatic rings. The van der Waals surface area contributed by atoms with Crippen LogP contribution in [0.4, 0.5) is 0 Å². The first kappa shape index (κ1) is 13.1. The highest BCUT2D eigenvalue weighted by Crippen LogP contribution is 2.36. The number of nitrogens with zero attached hydrogens (tertiary/aromatic N) is 3. The van der Waals surface area contributed by atoms with Crippen LogP contribution in [0.2, 0.25) is 0 Å². The number of aryl methyl sites for hydroxylation is 1. The first-order chi connectivity index (χ1) is 9.28. The van der Waals surface area contributed by atoms with E-state index in [1.165, 1.54) is 12.8 Å². The van der Waals surface area contributed by atoms with Crippen molar-refractivity contribution in [2.24, 2.45) is 5.92 Å². The van der Waals surface area contributed by atoms with Gasteiger partial charge in [0.15, 0.2) is 0 Å². The van der Waals surface area contributed by atoms with Crippen LogP contribution in [0.3, 0.4) is 0 Å².